The summed E-state index contributed by atoms with van der Waals surface area (Å²) in [5, 5.41) is 2.79. The molecule has 1 atom stereocenters. The Hall–Kier alpha value is -2.99. The Balaban J connectivity index is 1.56. The van der Waals surface area contributed by atoms with Crippen molar-refractivity contribution in [1.82, 2.24) is 9.88 Å². The summed E-state index contributed by atoms with van der Waals surface area (Å²) in [6.45, 7) is 3.94. The van der Waals surface area contributed by atoms with Crippen molar-refractivity contribution in [3.05, 3.63) is 71.2 Å². The van der Waals surface area contributed by atoms with E-state index in [1.54, 1.807) is 11.8 Å². The van der Waals surface area contributed by atoms with E-state index in [1.807, 2.05) is 66.9 Å². The molecule has 1 unspecified atom stereocenters. The van der Waals surface area contributed by atoms with Crippen LogP contribution < -0.4 is 4.90 Å². The number of imide groups is 1. The summed E-state index contributed by atoms with van der Waals surface area (Å²) in [6, 6.07) is 16.7. The summed E-state index contributed by atoms with van der Waals surface area (Å²) in [5.41, 5.74) is 3.59. The lowest BCUT2D eigenvalue weighted by Crippen LogP contribution is -2.33. The van der Waals surface area contributed by atoms with Crippen molar-refractivity contribution in [3.8, 4) is 10.6 Å². The molecule has 2 heterocycles. The number of amides is 3. The van der Waals surface area contributed by atoms with Crippen molar-refractivity contribution in [2.75, 3.05) is 4.90 Å². The molecule has 0 radical (unpaired) electrons. The van der Waals surface area contributed by atoms with Crippen LogP contribution in [0.15, 0.2) is 60.0 Å². The summed E-state index contributed by atoms with van der Waals surface area (Å²) in [4.78, 5) is 33.0. The molecule has 1 aliphatic rings. The number of carbonyl (C=O) groups excluding carboxylic acids is 2. The highest BCUT2D eigenvalue weighted by atomic mass is 32.1. The molecular weight excluding hydrogens is 358 g/mol. The van der Waals surface area contributed by atoms with E-state index in [4.69, 9.17) is 0 Å². The van der Waals surface area contributed by atoms with Crippen LogP contribution in [0.2, 0.25) is 0 Å². The highest BCUT2D eigenvalue weighted by Gasteiger charge is 2.43. The van der Waals surface area contributed by atoms with Crippen LogP contribution in [0.3, 0.4) is 0 Å². The SMILES string of the molecule is Cc1ccc(N2C(=O)N(Cc3csc(-c4ccccc4)n3)C(=O)C2C)cc1. The minimum atomic E-state index is -0.521. The number of rotatable bonds is 4. The maximum atomic E-state index is 12.9. The van der Waals surface area contributed by atoms with Gasteiger partial charge in [0.2, 0.25) is 0 Å². The molecule has 3 aromatic rings. The quantitative estimate of drug-likeness (QED) is 0.630. The number of thiazole rings is 1. The highest BCUT2D eigenvalue weighted by molar-refractivity contribution is 7.13. The molecule has 1 aromatic heterocycles. The first-order valence-electron chi connectivity index (χ1n) is 8.75. The average Bonchev–Trinajstić information content (AvgIpc) is 3.23. The molecule has 0 N–H and O–H groups in total. The van der Waals surface area contributed by atoms with Gasteiger partial charge >= 0.3 is 6.03 Å². The summed E-state index contributed by atoms with van der Waals surface area (Å²) in [6.07, 6.45) is 0. The lowest BCUT2D eigenvalue weighted by molar-refractivity contribution is -0.127. The predicted molar refractivity (Wildman–Crippen MR) is 107 cm³/mol. The first-order chi connectivity index (χ1) is 13.0. The Bertz CT molecular complexity index is 982. The number of anilines is 1. The van der Waals surface area contributed by atoms with Crippen LogP contribution >= 0.6 is 11.3 Å². The Kier molecular flexibility index (Phi) is 4.49. The van der Waals surface area contributed by atoms with Crippen LogP contribution in [0.5, 0.6) is 0 Å². The topological polar surface area (TPSA) is 53.5 Å². The molecule has 6 heteroatoms. The molecule has 0 saturated carbocycles. The Morgan fingerprint density at radius 2 is 1.74 bits per heavy atom. The van der Waals surface area contributed by atoms with Crippen molar-refractivity contribution in [1.29, 1.82) is 0 Å². The fraction of sp³-hybridized carbons (Fsp3) is 0.190. The molecule has 1 fully saturated rings. The lowest BCUT2D eigenvalue weighted by atomic mass is 10.2. The summed E-state index contributed by atoms with van der Waals surface area (Å²) in [5.74, 6) is -0.199. The number of urea groups is 1. The highest BCUT2D eigenvalue weighted by Crippen LogP contribution is 2.29. The van der Waals surface area contributed by atoms with Crippen LogP contribution in [0.25, 0.3) is 10.6 Å². The number of carbonyl (C=O) groups is 2. The summed E-state index contributed by atoms with van der Waals surface area (Å²) < 4.78 is 0. The average molecular weight is 377 g/mol. The van der Waals surface area contributed by atoms with E-state index in [9.17, 15) is 9.59 Å². The number of hydrogen-bond donors (Lipinski definition) is 0. The van der Waals surface area contributed by atoms with Gasteiger partial charge in [-0.05, 0) is 26.0 Å². The summed E-state index contributed by atoms with van der Waals surface area (Å²) >= 11 is 1.51. The van der Waals surface area contributed by atoms with Gasteiger partial charge in [-0.2, -0.15) is 0 Å². The van der Waals surface area contributed by atoms with Gasteiger partial charge in [0.15, 0.2) is 0 Å². The van der Waals surface area contributed by atoms with Crippen LogP contribution in [0.1, 0.15) is 18.2 Å². The van der Waals surface area contributed by atoms with Gasteiger partial charge in [0.25, 0.3) is 5.91 Å². The van der Waals surface area contributed by atoms with Gasteiger partial charge in [-0.1, -0.05) is 48.0 Å². The van der Waals surface area contributed by atoms with E-state index >= 15 is 0 Å². The normalized spacial score (nSPS) is 17.0. The molecule has 5 nitrogen and oxygen atoms in total. The van der Waals surface area contributed by atoms with Crippen LogP contribution in [-0.2, 0) is 11.3 Å². The van der Waals surface area contributed by atoms with E-state index in [2.05, 4.69) is 4.98 Å². The maximum absolute atomic E-state index is 12.9. The Labute approximate surface area is 161 Å². The molecule has 1 saturated heterocycles. The third kappa shape index (κ3) is 3.24. The van der Waals surface area contributed by atoms with Crippen molar-refractivity contribution >= 4 is 29.0 Å². The standard InChI is InChI=1S/C21H19N3O2S/c1-14-8-10-18(11-9-14)24-15(2)20(25)23(21(24)26)12-17-13-27-19(22-17)16-6-4-3-5-7-16/h3-11,13,15H,12H2,1-2H3. The first-order valence-corrected chi connectivity index (χ1v) is 9.63. The molecule has 0 aliphatic carbocycles. The van der Waals surface area contributed by atoms with Crippen LogP contribution in [0, 0.1) is 6.92 Å². The molecule has 27 heavy (non-hydrogen) atoms. The third-order valence-corrected chi connectivity index (χ3v) is 5.59. The van der Waals surface area contributed by atoms with E-state index in [-0.39, 0.29) is 18.5 Å². The number of aromatic nitrogens is 1. The third-order valence-electron chi connectivity index (χ3n) is 4.65. The maximum Gasteiger partial charge on any atom is 0.332 e. The van der Waals surface area contributed by atoms with E-state index in [0.29, 0.717) is 0 Å². The minimum absolute atomic E-state index is 0.188. The van der Waals surface area contributed by atoms with E-state index in [1.165, 1.54) is 16.2 Å². The summed E-state index contributed by atoms with van der Waals surface area (Å²) in [7, 11) is 0. The van der Waals surface area contributed by atoms with Gasteiger partial charge in [-0.25, -0.2) is 9.78 Å². The largest absolute Gasteiger partial charge is 0.332 e. The van der Waals surface area contributed by atoms with Crippen molar-refractivity contribution in [2.45, 2.75) is 26.4 Å². The zero-order valence-corrected chi connectivity index (χ0v) is 15.9. The second-order valence-corrected chi connectivity index (χ2v) is 7.46. The molecule has 0 spiro atoms. The minimum Gasteiger partial charge on any atom is -0.282 e. The van der Waals surface area contributed by atoms with E-state index < -0.39 is 6.04 Å². The van der Waals surface area contributed by atoms with Gasteiger partial charge in [-0.15, -0.1) is 11.3 Å². The smallest absolute Gasteiger partial charge is 0.282 e. The van der Waals surface area contributed by atoms with Gasteiger partial charge in [0, 0.05) is 16.6 Å². The fourth-order valence-corrected chi connectivity index (χ4v) is 3.98. The predicted octanol–water partition coefficient (Wildman–Crippen LogP) is 4.48. The number of aryl methyl sites for hydroxylation is 1. The molecule has 136 valence electrons. The van der Waals surface area contributed by atoms with Crippen molar-refractivity contribution in [2.24, 2.45) is 0 Å². The van der Waals surface area contributed by atoms with Gasteiger partial charge in [0.05, 0.1) is 12.2 Å². The van der Waals surface area contributed by atoms with Crippen molar-refractivity contribution in [3.63, 3.8) is 0 Å². The number of nitrogens with zero attached hydrogens (tertiary/aromatic N) is 3. The molecule has 0 bridgehead atoms. The Morgan fingerprint density at radius 1 is 1.04 bits per heavy atom. The molecule has 3 amide bonds. The molecule has 2 aromatic carbocycles. The second-order valence-electron chi connectivity index (χ2n) is 6.60. The van der Waals surface area contributed by atoms with E-state index in [0.717, 1.165) is 27.5 Å². The lowest BCUT2D eigenvalue weighted by Gasteiger charge is -2.19. The van der Waals surface area contributed by atoms with Crippen molar-refractivity contribution < 1.29 is 9.59 Å². The van der Waals surface area contributed by atoms with Gasteiger partial charge in [0.1, 0.15) is 11.0 Å². The number of hydrogen-bond acceptors (Lipinski definition) is 4. The van der Waals surface area contributed by atoms with Crippen LogP contribution in [0.4, 0.5) is 10.5 Å². The molecular formula is C21H19N3O2S. The molecule has 4 rings (SSSR count). The zero-order valence-electron chi connectivity index (χ0n) is 15.1. The first kappa shape index (κ1) is 17.4. The zero-order chi connectivity index (χ0) is 19.0. The fourth-order valence-electron chi connectivity index (χ4n) is 3.17. The molecule has 1 aliphatic heterocycles. The van der Waals surface area contributed by atoms with Gasteiger partial charge in [-0.3, -0.25) is 14.6 Å². The van der Waals surface area contributed by atoms with Crippen LogP contribution in [-0.4, -0.2) is 27.9 Å². The Morgan fingerprint density at radius 3 is 2.44 bits per heavy atom. The monoisotopic (exact) mass is 377 g/mol. The van der Waals surface area contributed by atoms with Gasteiger partial charge < -0.3 is 0 Å². The second kappa shape index (κ2) is 6.96. The number of benzene rings is 2.